The number of aryl methyl sites for hydroxylation is 1. The summed E-state index contributed by atoms with van der Waals surface area (Å²) in [5.41, 5.74) is 2.98. The molecular formula is C19H17FN2O4S. The van der Waals surface area contributed by atoms with Crippen molar-refractivity contribution in [2.45, 2.75) is 24.8 Å². The van der Waals surface area contributed by atoms with E-state index < -0.39 is 21.8 Å². The molecule has 140 valence electrons. The van der Waals surface area contributed by atoms with Crippen molar-refractivity contribution in [2.24, 2.45) is 0 Å². The minimum Gasteiger partial charge on any atom is -0.478 e. The van der Waals surface area contributed by atoms with Crippen molar-refractivity contribution >= 4 is 26.9 Å². The molecule has 2 N–H and O–H groups in total. The SMILES string of the molecule is Cc1cc(F)ccc1S(=O)(=O)N1CCc2[nH]c3ccc(C(=O)O)cc3c2C1. The number of nitrogens with zero attached hydrogens (tertiary/aromatic N) is 1. The second-order valence-electron chi connectivity index (χ2n) is 6.65. The minimum atomic E-state index is -3.79. The molecule has 0 saturated heterocycles. The molecule has 4 rings (SSSR count). The zero-order chi connectivity index (χ0) is 19.3. The third-order valence-electron chi connectivity index (χ3n) is 4.94. The summed E-state index contributed by atoms with van der Waals surface area (Å²) in [6.45, 7) is 2.00. The van der Waals surface area contributed by atoms with Crippen molar-refractivity contribution in [3.8, 4) is 0 Å². The molecule has 0 unspecified atom stereocenters. The molecule has 1 aromatic heterocycles. The van der Waals surface area contributed by atoms with Gasteiger partial charge in [0.05, 0.1) is 10.5 Å². The standard InChI is InChI=1S/C19H17FN2O4S/c1-11-8-13(20)3-5-18(11)27(25,26)22-7-6-17-15(10-22)14-9-12(19(23)24)2-4-16(14)21-17/h2-5,8-9,21H,6-7,10H2,1H3,(H,23,24). The maximum atomic E-state index is 13.4. The normalized spacial score (nSPS) is 15.0. The van der Waals surface area contributed by atoms with Gasteiger partial charge in [-0.15, -0.1) is 0 Å². The van der Waals surface area contributed by atoms with Crippen molar-refractivity contribution in [3.05, 3.63) is 64.6 Å². The number of nitrogens with one attached hydrogen (secondary N) is 1. The lowest BCUT2D eigenvalue weighted by molar-refractivity contribution is 0.0697. The van der Waals surface area contributed by atoms with Crippen LogP contribution >= 0.6 is 0 Å². The number of carbonyl (C=O) groups is 1. The lowest BCUT2D eigenvalue weighted by Crippen LogP contribution is -2.36. The number of carboxylic acids is 1. The van der Waals surface area contributed by atoms with E-state index in [1.165, 1.54) is 22.5 Å². The van der Waals surface area contributed by atoms with Gasteiger partial charge in [-0.3, -0.25) is 0 Å². The van der Waals surface area contributed by atoms with E-state index in [2.05, 4.69) is 4.98 Å². The van der Waals surface area contributed by atoms with Crippen molar-refractivity contribution in [1.29, 1.82) is 0 Å². The summed E-state index contributed by atoms with van der Waals surface area (Å²) in [5, 5.41) is 9.93. The molecule has 0 atom stereocenters. The van der Waals surface area contributed by atoms with Gasteiger partial charge in [-0.25, -0.2) is 17.6 Å². The highest BCUT2D eigenvalue weighted by molar-refractivity contribution is 7.89. The lowest BCUT2D eigenvalue weighted by atomic mass is 10.0. The van der Waals surface area contributed by atoms with Gasteiger partial charge in [0.2, 0.25) is 10.0 Å². The molecular weight excluding hydrogens is 371 g/mol. The average molecular weight is 388 g/mol. The topological polar surface area (TPSA) is 90.5 Å². The van der Waals surface area contributed by atoms with Crippen LogP contribution in [0.4, 0.5) is 4.39 Å². The van der Waals surface area contributed by atoms with E-state index in [4.69, 9.17) is 0 Å². The van der Waals surface area contributed by atoms with Gasteiger partial charge >= 0.3 is 5.97 Å². The molecule has 2 heterocycles. The molecule has 0 fully saturated rings. The first-order chi connectivity index (χ1) is 12.8. The molecule has 27 heavy (non-hydrogen) atoms. The van der Waals surface area contributed by atoms with Gasteiger partial charge in [-0.1, -0.05) is 0 Å². The highest BCUT2D eigenvalue weighted by atomic mass is 32.2. The first kappa shape index (κ1) is 17.7. The van der Waals surface area contributed by atoms with Crippen LogP contribution in [-0.2, 0) is 23.0 Å². The molecule has 2 aromatic carbocycles. The Hall–Kier alpha value is -2.71. The highest BCUT2D eigenvalue weighted by Gasteiger charge is 2.31. The number of fused-ring (bicyclic) bond motifs is 3. The number of aromatic nitrogens is 1. The Morgan fingerprint density at radius 1 is 1.22 bits per heavy atom. The summed E-state index contributed by atoms with van der Waals surface area (Å²) < 4.78 is 40.8. The Morgan fingerprint density at radius 3 is 2.70 bits per heavy atom. The van der Waals surface area contributed by atoms with E-state index in [-0.39, 0.29) is 17.0 Å². The molecule has 0 spiro atoms. The summed E-state index contributed by atoms with van der Waals surface area (Å²) in [7, 11) is -3.79. The maximum Gasteiger partial charge on any atom is 0.335 e. The van der Waals surface area contributed by atoms with Crippen LogP contribution in [-0.4, -0.2) is 35.3 Å². The largest absolute Gasteiger partial charge is 0.478 e. The molecule has 0 amide bonds. The molecule has 0 saturated carbocycles. The fourth-order valence-corrected chi connectivity index (χ4v) is 5.18. The van der Waals surface area contributed by atoms with E-state index in [0.29, 0.717) is 23.9 Å². The van der Waals surface area contributed by atoms with Crippen molar-refractivity contribution in [1.82, 2.24) is 9.29 Å². The molecule has 1 aliphatic heterocycles. The molecule has 0 aliphatic carbocycles. The number of benzene rings is 2. The van der Waals surface area contributed by atoms with Gasteiger partial charge in [0, 0.05) is 36.1 Å². The van der Waals surface area contributed by atoms with E-state index in [9.17, 15) is 22.7 Å². The molecule has 8 heteroatoms. The van der Waals surface area contributed by atoms with Crippen LogP contribution in [0.15, 0.2) is 41.3 Å². The molecule has 6 nitrogen and oxygen atoms in total. The van der Waals surface area contributed by atoms with Gasteiger partial charge in [0.1, 0.15) is 5.82 Å². The summed E-state index contributed by atoms with van der Waals surface area (Å²) in [6, 6.07) is 8.40. The smallest absolute Gasteiger partial charge is 0.335 e. The summed E-state index contributed by atoms with van der Waals surface area (Å²) in [5.74, 6) is -1.51. The molecule has 0 bridgehead atoms. The van der Waals surface area contributed by atoms with Gasteiger partial charge < -0.3 is 10.1 Å². The number of hydrogen-bond donors (Lipinski definition) is 2. The summed E-state index contributed by atoms with van der Waals surface area (Å²) in [6.07, 6.45) is 0.492. The fourth-order valence-electron chi connectivity index (χ4n) is 3.57. The van der Waals surface area contributed by atoms with E-state index in [1.54, 1.807) is 19.1 Å². The predicted octanol–water partition coefficient (Wildman–Crippen LogP) is 3.06. The third-order valence-corrected chi connectivity index (χ3v) is 6.95. The third kappa shape index (κ3) is 2.90. The summed E-state index contributed by atoms with van der Waals surface area (Å²) in [4.78, 5) is 14.6. The van der Waals surface area contributed by atoms with Crippen LogP contribution in [0.2, 0.25) is 0 Å². The Labute approximate surface area is 155 Å². The first-order valence-electron chi connectivity index (χ1n) is 8.40. The molecule has 0 radical (unpaired) electrons. The number of carboxylic acid groups (broad SMARTS) is 1. The number of aromatic carboxylic acids is 1. The number of hydrogen-bond acceptors (Lipinski definition) is 3. The van der Waals surface area contributed by atoms with E-state index >= 15 is 0 Å². The second-order valence-corrected chi connectivity index (χ2v) is 8.55. The minimum absolute atomic E-state index is 0.0819. The van der Waals surface area contributed by atoms with Gasteiger partial charge in [-0.05, 0) is 54.4 Å². The number of rotatable bonds is 3. The number of halogens is 1. The van der Waals surface area contributed by atoms with Crippen LogP contribution in [0.1, 0.15) is 27.2 Å². The number of H-pyrrole nitrogens is 1. The summed E-state index contributed by atoms with van der Waals surface area (Å²) >= 11 is 0. The van der Waals surface area contributed by atoms with Gasteiger partial charge in [-0.2, -0.15) is 4.31 Å². The van der Waals surface area contributed by atoms with Crippen LogP contribution in [0.5, 0.6) is 0 Å². The zero-order valence-electron chi connectivity index (χ0n) is 14.5. The van der Waals surface area contributed by atoms with Crippen LogP contribution in [0, 0.1) is 12.7 Å². The van der Waals surface area contributed by atoms with Crippen LogP contribution in [0.3, 0.4) is 0 Å². The second kappa shape index (κ2) is 6.17. The Balaban J connectivity index is 1.76. The van der Waals surface area contributed by atoms with Crippen LogP contribution in [0.25, 0.3) is 10.9 Å². The van der Waals surface area contributed by atoms with Crippen molar-refractivity contribution in [2.75, 3.05) is 6.54 Å². The Kier molecular flexibility index (Phi) is 4.05. The van der Waals surface area contributed by atoms with Crippen molar-refractivity contribution in [3.63, 3.8) is 0 Å². The Morgan fingerprint density at radius 2 is 2.00 bits per heavy atom. The monoisotopic (exact) mass is 388 g/mol. The average Bonchev–Trinajstić information content (AvgIpc) is 2.98. The van der Waals surface area contributed by atoms with E-state index in [0.717, 1.165) is 22.8 Å². The first-order valence-corrected chi connectivity index (χ1v) is 9.84. The quantitative estimate of drug-likeness (QED) is 0.722. The molecule has 3 aromatic rings. The number of sulfonamides is 1. The zero-order valence-corrected chi connectivity index (χ0v) is 15.3. The maximum absolute atomic E-state index is 13.4. The van der Waals surface area contributed by atoms with Crippen LogP contribution < -0.4 is 0 Å². The van der Waals surface area contributed by atoms with Gasteiger partial charge in [0.15, 0.2) is 0 Å². The highest BCUT2D eigenvalue weighted by Crippen LogP contribution is 2.32. The van der Waals surface area contributed by atoms with Crippen molar-refractivity contribution < 1.29 is 22.7 Å². The fraction of sp³-hybridized carbons (Fsp3) is 0.211. The Bertz CT molecular complexity index is 1180. The molecule has 1 aliphatic rings. The lowest BCUT2D eigenvalue weighted by Gasteiger charge is -2.27. The predicted molar refractivity (Wildman–Crippen MR) is 97.7 cm³/mol. The van der Waals surface area contributed by atoms with E-state index in [1.807, 2.05) is 0 Å². The van der Waals surface area contributed by atoms with Gasteiger partial charge in [0.25, 0.3) is 0 Å². The number of aromatic amines is 1.